The highest BCUT2D eigenvalue weighted by Gasteiger charge is 2.16. The van der Waals surface area contributed by atoms with Gasteiger partial charge >= 0.3 is 0 Å². The second-order valence-electron chi connectivity index (χ2n) is 6.77. The van der Waals surface area contributed by atoms with Gasteiger partial charge in [0, 0.05) is 6.54 Å². The third kappa shape index (κ3) is 6.25. The van der Waals surface area contributed by atoms with Gasteiger partial charge in [-0.25, -0.2) is 4.39 Å². The SMILES string of the molecule is C=CCn1c(COc2ccccc2F)nnc1SCC(=O)NC(C)c1ccc(Cl)c(Cl)c1. The fourth-order valence-electron chi connectivity index (χ4n) is 2.83. The number of amides is 1. The summed E-state index contributed by atoms with van der Waals surface area (Å²) in [7, 11) is 0. The number of para-hydroxylation sites is 1. The van der Waals surface area contributed by atoms with Crippen LogP contribution < -0.4 is 10.1 Å². The van der Waals surface area contributed by atoms with Crippen molar-refractivity contribution in [3.05, 3.63) is 82.4 Å². The standard InChI is InChI=1S/C22H21Cl2FN4O2S/c1-3-10-29-20(12-31-19-7-5-4-6-18(19)25)27-28-22(29)32-13-21(30)26-14(2)15-8-9-16(23)17(24)11-15/h3-9,11,14H,1,10,12-13H2,2H3,(H,26,30). The summed E-state index contributed by atoms with van der Waals surface area (Å²) in [5.74, 6) is 0.135. The molecule has 3 rings (SSSR count). The Morgan fingerprint density at radius 3 is 2.78 bits per heavy atom. The molecule has 0 aliphatic carbocycles. The predicted molar refractivity (Wildman–Crippen MR) is 125 cm³/mol. The number of ether oxygens (including phenoxy) is 1. The van der Waals surface area contributed by atoms with Gasteiger partial charge in [0.2, 0.25) is 5.91 Å². The Morgan fingerprint density at radius 2 is 2.06 bits per heavy atom. The molecule has 32 heavy (non-hydrogen) atoms. The van der Waals surface area contributed by atoms with Crippen LogP contribution in [0.4, 0.5) is 4.39 Å². The highest BCUT2D eigenvalue weighted by molar-refractivity contribution is 7.99. The molecule has 0 spiro atoms. The molecule has 0 bridgehead atoms. The van der Waals surface area contributed by atoms with Crippen LogP contribution in [0.15, 0.2) is 60.3 Å². The van der Waals surface area contributed by atoms with Crippen molar-refractivity contribution in [1.29, 1.82) is 0 Å². The smallest absolute Gasteiger partial charge is 0.230 e. The molecule has 10 heteroatoms. The minimum absolute atomic E-state index is 0.0306. The lowest BCUT2D eigenvalue weighted by Gasteiger charge is -2.15. The Hall–Kier alpha value is -2.55. The Labute approximate surface area is 199 Å². The maximum Gasteiger partial charge on any atom is 0.230 e. The van der Waals surface area contributed by atoms with Gasteiger partial charge in [0.05, 0.1) is 21.8 Å². The number of allylic oxidation sites excluding steroid dienone is 1. The highest BCUT2D eigenvalue weighted by Crippen LogP contribution is 2.26. The number of hydrogen-bond acceptors (Lipinski definition) is 5. The first-order chi connectivity index (χ1) is 15.4. The number of aromatic nitrogens is 3. The normalized spacial score (nSPS) is 11.8. The van der Waals surface area contributed by atoms with Crippen LogP contribution in [0.2, 0.25) is 10.0 Å². The average Bonchev–Trinajstić information content (AvgIpc) is 3.15. The largest absolute Gasteiger partial charge is 0.483 e. The second-order valence-corrected chi connectivity index (χ2v) is 8.53. The first-order valence-corrected chi connectivity index (χ1v) is 11.4. The predicted octanol–water partition coefficient (Wildman–Crippen LogP) is 5.46. The van der Waals surface area contributed by atoms with E-state index in [-0.39, 0.29) is 30.1 Å². The van der Waals surface area contributed by atoms with E-state index in [0.29, 0.717) is 27.6 Å². The number of thioether (sulfide) groups is 1. The lowest BCUT2D eigenvalue weighted by molar-refractivity contribution is -0.119. The average molecular weight is 495 g/mol. The van der Waals surface area contributed by atoms with Crippen molar-refractivity contribution < 1.29 is 13.9 Å². The van der Waals surface area contributed by atoms with E-state index in [9.17, 15) is 9.18 Å². The number of carbonyl (C=O) groups is 1. The van der Waals surface area contributed by atoms with E-state index in [4.69, 9.17) is 27.9 Å². The maximum absolute atomic E-state index is 13.8. The molecule has 1 heterocycles. The van der Waals surface area contributed by atoms with E-state index in [1.54, 1.807) is 41.0 Å². The van der Waals surface area contributed by atoms with Crippen molar-refractivity contribution >= 4 is 40.9 Å². The summed E-state index contributed by atoms with van der Waals surface area (Å²) >= 11 is 13.2. The molecule has 0 saturated heterocycles. The Morgan fingerprint density at radius 1 is 1.28 bits per heavy atom. The van der Waals surface area contributed by atoms with E-state index in [1.165, 1.54) is 17.8 Å². The number of nitrogens with zero attached hydrogens (tertiary/aromatic N) is 3. The molecule has 1 amide bonds. The number of halogens is 3. The summed E-state index contributed by atoms with van der Waals surface area (Å²) in [5.41, 5.74) is 0.847. The number of benzene rings is 2. The highest BCUT2D eigenvalue weighted by atomic mass is 35.5. The molecule has 168 valence electrons. The summed E-state index contributed by atoms with van der Waals surface area (Å²) < 4.78 is 21.1. The van der Waals surface area contributed by atoms with Gasteiger partial charge in [-0.15, -0.1) is 16.8 Å². The van der Waals surface area contributed by atoms with E-state index < -0.39 is 5.82 Å². The molecule has 2 aromatic carbocycles. The zero-order chi connectivity index (χ0) is 23.1. The Kier molecular flexibility index (Phi) is 8.55. The van der Waals surface area contributed by atoms with Crippen molar-refractivity contribution in [2.45, 2.75) is 31.3 Å². The quantitative estimate of drug-likeness (QED) is 0.299. The third-order valence-electron chi connectivity index (χ3n) is 4.45. The van der Waals surface area contributed by atoms with Crippen molar-refractivity contribution in [3.8, 4) is 5.75 Å². The molecule has 1 N–H and O–H groups in total. The topological polar surface area (TPSA) is 69.0 Å². The van der Waals surface area contributed by atoms with Crippen LogP contribution in [-0.2, 0) is 17.9 Å². The van der Waals surface area contributed by atoms with Gasteiger partial charge in [-0.1, -0.05) is 59.2 Å². The van der Waals surface area contributed by atoms with E-state index >= 15 is 0 Å². The van der Waals surface area contributed by atoms with Crippen molar-refractivity contribution in [2.24, 2.45) is 0 Å². The first kappa shape index (κ1) is 24.1. The maximum atomic E-state index is 13.8. The molecule has 1 aromatic heterocycles. The summed E-state index contributed by atoms with van der Waals surface area (Å²) in [6.07, 6.45) is 1.69. The number of carbonyl (C=O) groups excluding carboxylic acids is 1. The van der Waals surface area contributed by atoms with E-state index in [0.717, 1.165) is 5.56 Å². The van der Waals surface area contributed by atoms with E-state index in [1.807, 2.05) is 13.0 Å². The van der Waals surface area contributed by atoms with Crippen LogP contribution in [0.25, 0.3) is 0 Å². The van der Waals surface area contributed by atoms with Crippen LogP contribution in [0.1, 0.15) is 24.4 Å². The van der Waals surface area contributed by atoms with Gasteiger partial charge in [0.25, 0.3) is 0 Å². The third-order valence-corrected chi connectivity index (χ3v) is 6.16. The van der Waals surface area contributed by atoms with Gasteiger partial charge in [-0.05, 0) is 36.8 Å². The number of hydrogen-bond donors (Lipinski definition) is 1. The zero-order valence-corrected chi connectivity index (χ0v) is 19.6. The zero-order valence-electron chi connectivity index (χ0n) is 17.2. The van der Waals surface area contributed by atoms with Gasteiger partial charge in [0.1, 0.15) is 6.61 Å². The van der Waals surface area contributed by atoms with Crippen LogP contribution in [0.3, 0.4) is 0 Å². The van der Waals surface area contributed by atoms with Crippen LogP contribution in [-0.4, -0.2) is 26.4 Å². The molecule has 3 aromatic rings. The van der Waals surface area contributed by atoms with Gasteiger partial charge < -0.3 is 10.1 Å². The molecular formula is C22H21Cl2FN4O2S. The molecule has 1 unspecified atom stereocenters. The summed E-state index contributed by atoms with van der Waals surface area (Å²) in [6, 6.07) is 11.1. The van der Waals surface area contributed by atoms with Gasteiger partial charge in [-0.3, -0.25) is 9.36 Å². The summed E-state index contributed by atoms with van der Waals surface area (Å²) in [4.78, 5) is 12.4. The second kappa shape index (κ2) is 11.4. The van der Waals surface area contributed by atoms with Crippen molar-refractivity contribution in [2.75, 3.05) is 5.75 Å². The van der Waals surface area contributed by atoms with Gasteiger partial charge in [-0.2, -0.15) is 0 Å². The van der Waals surface area contributed by atoms with Crippen LogP contribution in [0.5, 0.6) is 5.75 Å². The fraction of sp³-hybridized carbons (Fsp3) is 0.227. The number of nitrogens with one attached hydrogen (secondary N) is 1. The van der Waals surface area contributed by atoms with Crippen molar-refractivity contribution in [3.63, 3.8) is 0 Å². The van der Waals surface area contributed by atoms with Gasteiger partial charge in [0.15, 0.2) is 22.5 Å². The monoisotopic (exact) mass is 494 g/mol. The molecule has 1 atom stereocenters. The van der Waals surface area contributed by atoms with E-state index in [2.05, 4.69) is 22.1 Å². The van der Waals surface area contributed by atoms with Crippen LogP contribution >= 0.6 is 35.0 Å². The Balaban J connectivity index is 1.60. The minimum Gasteiger partial charge on any atom is -0.483 e. The summed E-state index contributed by atoms with van der Waals surface area (Å²) in [5, 5.41) is 12.6. The number of rotatable bonds is 10. The first-order valence-electron chi connectivity index (χ1n) is 9.66. The molecule has 0 saturated carbocycles. The Bertz CT molecular complexity index is 1110. The van der Waals surface area contributed by atoms with Crippen LogP contribution in [0, 0.1) is 5.82 Å². The lowest BCUT2D eigenvalue weighted by atomic mass is 10.1. The lowest BCUT2D eigenvalue weighted by Crippen LogP contribution is -2.28. The van der Waals surface area contributed by atoms with Crippen molar-refractivity contribution in [1.82, 2.24) is 20.1 Å². The molecule has 0 aliphatic heterocycles. The molecule has 0 radical (unpaired) electrons. The molecule has 0 fully saturated rings. The summed E-state index contributed by atoms with van der Waals surface area (Å²) in [6.45, 7) is 6.06. The molecule has 6 nitrogen and oxygen atoms in total. The fourth-order valence-corrected chi connectivity index (χ4v) is 3.91. The molecular weight excluding hydrogens is 474 g/mol. The minimum atomic E-state index is -0.454. The molecule has 0 aliphatic rings.